The third kappa shape index (κ3) is 4.40. The first-order chi connectivity index (χ1) is 14.5. The molecule has 0 spiro atoms. The zero-order chi connectivity index (χ0) is 21.1. The van der Waals surface area contributed by atoms with Crippen molar-refractivity contribution in [3.63, 3.8) is 0 Å². The number of rotatable bonds is 5. The lowest BCUT2D eigenvalue weighted by molar-refractivity contribution is -0.132. The van der Waals surface area contributed by atoms with Gasteiger partial charge in [-0.25, -0.2) is 9.07 Å². The minimum absolute atomic E-state index is 0.0979. The molecule has 6 nitrogen and oxygen atoms in total. The fraction of sp³-hybridized carbons (Fsp3) is 0.522. The molecule has 2 aliphatic rings. The summed E-state index contributed by atoms with van der Waals surface area (Å²) in [6, 6.07) is 6.16. The fourth-order valence-electron chi connectivity index (χ4n) is 4.52. The number of carbonyl (C=O) groups excluding carboxylic acids is 2. The molecule has 2 aromatic rings. The summed E-state index contributed by atoms with van der Waals surface area (Å²) >= 11 is 0. The minimum atomic E-state index is -0.300. The van der Waals surface area contributed by atoms with Crippen LogP contribution in [0.25, 0.3) is 5.69 Å². The SMILES string of the molecule is CC1CCCN(C(=O)CCNC(=O)c2nn(-c3ccc(F)cc3)c3c2CCCC3)C1. The number of benzene rings is 1. The smallest absolute Gasteiger partial charge is 0.272 e. The van der Waals surface area contributed by atoms with Gasteiger partial charge in [-0.1, -0.05) is 6.92 Å². The van der Waals surface area contributed by atoms with Gasteiger partial charge in [0.2, 0.25) is 5.91 Å². The van der Waals surface area contributed by atoms with Gasteiger partial charge < -0.3 is 10.2 Å². The third-order valence-corrected chi connectivity index (χ3v) is 6.10. The molecular weight excluding hydrogens is 383 g/mol. The molecule has 1 aromatic carbocycles. The Morgan fingerprint density at radius 2 is 1.93 bits per heavy atom. The van der Waals surface area contributed by atoms with Crippen molar-refractivity contribution in [2.75, 3.05) is 19.6 Å². The van der Waals surface area contributed by atoms with Gasteiger partial charge in [0, 0.05) is 37.3 Å². The van der Waals surface area contributed by atoms with Gasteiger partial charge in [0.25, 0.3) is 5.91 Å². The second-order valence-electron chi connectivity index (χ2n) is 8.46. The van der Waals surface area contributed by atoms with Gasteiger partial charge in [-0.2, -0.15) is 5.10 Å². The number of hydrogen-bond acceptors (Lipinski definition) is 3. The lowest BCUT2D eigenvalue weighted by Gasteiger charge is -2.31. The molecule has 160 valence electrons. The highest BCUT2D eigenvalue weighted by molar-refractivity contribution is 5.94. The largest absolute Gasteiger partial charge is 0.350 e. The average Bonchev–Trinajstić information content (AvgIpc) is 3.14. The van der Waals surface area contributed by atoms with Crippen LogP contribution >= 0.6 is 0 Å². The third-order valence-electron chi connectivity index (χ3n) is 6.10. The summed E-state index contributed by atoms with van der Waals surface area (Å²) in [6.07, 6.45) is 6.24. The number of amides is 2. The highest BCUT2D eigenvalue weighted by Crippen LogP contribution is 2.27. The monoisotopic (exact) mass is 412 g/mol. The summed E-state index contributed by atoms with van der Waals surface area (Å²) in [4.78, 5) is 27.2. The highest BCUT2D eigenvalue weighted by atomic mass is 19.1. The standard InChI is InChI=1S/C23H29FN4O2/c1-16-5-4-14-27(15-16)21(29)12-13-25-23(30)22-19-6-2-3-7-20(19)28(26-22)18-10-8-17(24)9-11-18/h8-11,16H,2-7,12-15H2,1H3,(H,25,30). The van der Waals surface area contributed by atoms with Crippen LogP contribution < -0.4 is 5.32 Å². The van der Waals surface area contributed by atoms with Crippen LogP contribution in [-0.4, -0.2) is 46.1 Å². The van der Waals surface area contributed by atoms with Crippen molar-refractivity contribution in [2.45, 2.75) is 51.9 Å². The van der Waals surface area contributed by atoms with Crippen molar-refractivity contribution < 1.29 is 14.0 Å². The number of likely N-dealkylation sites (tertiary alicyclic amines) is 1. The minimum Gasteiger partial charge on any atom is -0.350 e. The molecule has 1 unspecified atom stereocenters. The van der Waals surface area contributed by atoms with E-state index in [-0.39, 0.29) is 17.6 Å². The molecule has 1 N–H and O–H groups in total. The second-order valence-corrected chi connectivity index (χ2v) is 8.46. The number of halogens is 1. The molecule has 4 rings (SSSR count). The average molecular weight is 413 g/mol. The van der Waals surface area contributed by atoms with E-state index in [4.69, 9.17) is 0 Å². The summed E-state index contributed by atoms with van der Waals surface area (Å²) in [5, 5.41) is 7.46. The number of nitrogens with one attached hydrogen (secondary N) is 1. The van der Waals surface area contributed by atoms with E-state index in [1.54, 1.807) is 16.8 Å². The van der Waals surface area contributed by atoms with Gasteiger partial charge in [-0.05, 0) is 68.7 Å². The zero-order valence-corrected chi connectivity index (χ0v) is 17.5. The predicted molar refractivity (Wildman–Crippen MR) is 112 cm³/mol. The van der Waals surface area contributed by atoms with Crippen LogP contribution in [0.3, 0.4) is 0 Å². The number of hydrogen-bond donors (Lipinski definition) is 1. The molecule has 30 heavy (non-hydrogen) atoms. The van der Waals surface area contributed by atoms with Crippen molar-refractivity contribution in [2.24, 2.45) is 5.92 Å². The Hall–Kier alpha value is -2.70. The van der Waals surface area contributed by atoms with E-state index < -0.39 is 0 Å². The van der Waals surface area contributed by atoms with Crippen LogP contribution in [0.1, 0.15) is 60.8 Å². The normalized spacial score (nSPS) is 18.7. The Labute approximate surface area is 176 Å². The molecule has 7 heteroatoms. The van der Waals surface area contributed by atoms with Crippen LogP contribution in [0.4, 0.5) is 4.39 Å². The zero-order valence-electron chi connectivity index (χ0n) is 17.5. The van der Waals surface area contributed by atoms with E-state index in [2.05, 4.69) is 17.3 Å². The maximum absolute atomic E-state index is 13.3. The molecule has 2 amide bonds. The van der Waals surface area contributed by atoms with Crippen LogP contribution in [0.2, 0.25) is 0 Å². The van der Waals surface area contributed by atoms with Crippen LogP contribution in [0.15, 0.2) is 24.3 Å². The van der Waals surface area contributed by atoms with E-state index in [1.165, 1.54) is 18.6 Å². The number of fused-ring (bicyclic) bond motifs is 1. The lowest BCUT2D eigenvalue weighted by Crippen LogP contribution is -2.40. The van der Waals surface area contributed by atoms with Crippen LogP contribution in [0.5, 0.6) is 0 Å². The first-order valence-corrected chi connectivity index (χ1v) is 11.0. The van der Waals surface area contributed by atoms with Gasteiger partial charge in [0.15, 0.2) is 5.69 Å². The summed E-state index contributed by atoms with van der Waals surface area (Å²) in [5.41, 5.74) is 3.17. The van der Waals surface area contributed by atoms with Crippen molar-refractivity contribution in [3.8, 4) is 5.69 Å². The maximum atomic E-state index is 13.3. The first kappa shape index (κ1) is 20.6. The van der Waals surface area contributed by atoms with Crippen LogP contribution in [0, 0.1) is 11.7 Å². The maximum Gasteiger partial charge on any atom is 0.272 e. The van der Waals surface area contributed by atoms with E-state index in [0.717, 1.165) is 62.1 Å². The number of piperidine rings is 1. The quantitative estimate of drug-likeness (QED) is 0.820. The second kappa shape index (κ2) is 8.98. The van der Waals surface area contributed by atoms with Crippen molar-refractivity contribution in [3.05, 3.63) is 47.0 Å². The van der Waals surface area contributed by atoms with Gasteiger partial charge in [0.1, 0.15) is 5.82 Å². The summed E-state index contributed by atoms with van der Waals surface area (Å²) in [5.74, 6) is 0.0966. The van der Waals surface area contributed by atoms with Gasteiger partial charge >= 0.3 is 0 Å². The van der Waals surface area contributed by atoms with E-state index in [0.29, 0.717) is 24.6 Å². The van der Waals surface area contributed by atoms with Crippen molar-refractivity contribution >= 4 is 11.8 Å². The number of nitrogens with zero attached hydrogens (tertiary/aromatic N) is 3. The molecule has 1 saturated heterocycles. The summed E-state index contributed by atoms with van der Waals surface area (Å²) in [6.45, 7) is 4.09. The first-order valence-electron chi connectivity index (χ1n) is 11.0. The molecule has 0 saturated carbocycles. The fourth-order valence-corrected chi connectivity index (χ4v) is 4.52. The molecular formula is C23H29FN4O2. The Balaban J connectivity index is 1.43. The van der Waals surface area contributed by atoms with Crippen LogP contribution in [-0.2, 0) is 17.6 Å². The Kier molecular flexibility index (Phi) is 6.16. The molecule has 1 fully saturated rings. The molecule has 1 aromatic heterocycles. The van der Waals surface area contributed by atoms with E-state index in [9.17, 15) is 14.0 Å². The molecule has 1 aliphatic heterocycles. The molecule has 0 bridgehead atoms. The molecule has 0 radical (unpaired) electrons. The predicted octanol–water partition coefficient (Wildman–Crippen LogP) is 3.27. The lowest BCUT2D eigenvalue weighted by atomic mass is 9.95. The number of aromatic nitrogens is 2. The summed E-state index contributed by atoms with van der Waals surface area (Å²) < 4.78 is 15.1. The Bertz CT molecular complexity index is 922. The Morgan fingerprint density at radius 1 is 1.17 bits per heavy atom. The number of carbonyl (C=O) groups is 2. The molecule has 1 aliphatic carbocycles. The molecule has 1 atom stereocenters. The highest BCUT2D eigenvalue weighted by Gasteiger charge is 2.26. The topological polar surface area (TPSA) is 67.2 Å². The van der Waals surface area contributed by atoms with Gasteiger partial charge in [-0.3, -0.25) is 9.59 Å². The summed E-state index contributed by atoms with van der Waals surface area (Å²) in [7, 11) is 0. The Morgan fingerprint density at radius 3 is 2.70 bits per heavy atom. The van der Waals surface area contributed by atoms with E-state index in [1.807, 2.05) is 4.90 Å². The van der Waals surface area contributed by atoms with E-state index >= 15 is 0 Å². The van der Waals surface area contributed by atoms with Crippen molar-refractivity contribution in [1.29, 1.82) is 0 Å². The van der Waals surface area contributed by atoms with Crippen molar-refractivity contribution in [1.82, 2.24) is 20.0 Å². The molecule has 2 heterocycles. The van der Waals surface area contributed by atoms with Gasteiger partial charge in [0.05, 0.1) is 5.69 Å². The van der Waals surface area contributed by atoms with Gasteiger partial charge in [-0.15, -0.1) is 0 Å².